The summed E-state index contributed by atoms with van der Waals surface area (Å²) in [6, 6.07) is 9.94. The quantitative estimate of drug-likeness (QED) is 0.648. The van der Waals surface area contributed by atoms with Crippen molar-refractivity contribution in [2.24, 2.45) is 0 Å². The summed E-state index contributed by atoms with van der Waals surface area (Å²) in [6.07, 6.45) is 5.77. The van der Waals surface area contributed by atoms with Crippen LogP contribution in [0.25, 0.3) is 0 Å². The van der Waals surface area contributed by atoms with Crippen molar-refractivity contribution in [3.8, 4) is 6.07 Å². The van der Waals surface area contributed by atoms with Gasteiger partial charge in [-0.05, 0) is 37.1 Å². The Morgan fingerprint density at radius 1 is 1.27 bits per heavy atom. The number of carbonyl (C=O) groups excluding carboxylic acids is 1. The second kappa shape index (κ2) is 7.51. The normalized spacial score (nSPS) is 15.2. The monoisotopic (exact) mass is 298 g/mol. The molecule has 1 aliphatic rings. The zero-order valence-electron chi connectivity index (χ0n) is 13.1. The van der Waals surface area contributed by atoms with Crippen LogP contribution in [0.1, 0.15) is 25.7 Å². The van der Waals surface area contributed by atoms with E-state index in [-0.39, 0.29) is 17.5 Å². The average molecular weight is 298 g/mol. The summed E-state index contributed by atoms with van der Waals surface area (Å²) in [5.74, 6) is -0.299. The Bertz CT molecular complexity index is 578. The smallest absolute Gasteiger partial charge is 0.263 e. The van der Waals surface area contributed by atoms with Crippen LogP contribution in [0, 0.1) is 11.3 Å². The van der Waals surface area contributed by atoms with E-state index in [0.29, 0.717) is 0 Å². The van der Waals surface area contributed by atoms with Gasteiger partial charge in [0.1, 0.15) is 11.6 Å². The van der Waals surface area contributed by atoms with Crippen LogP contribution in [-0.2, 0) is 4.79 Å². The maximum Gasteiger partial charge on any atom is 0.263 e. The average Bonchev–Trinajstić information content (AvgIpc) is 3.01. The number of amides is 1. The Morgan fingerprint density at radius 2 is 1.91 bits per heavy atom. The fourth-order valence-corrected chi connectivity index (χ4v) is 2.49. The molecule has 1 aliphatic carbocycles. The lowest BCUT2D eigenvalue weighted by Gasteiger charge is -2.13. The topological polar surface area (TPSA) is 68.2 Å². The van der Waals surface area contributed by atoms with Gasteiger partial charge in [-0.25, -0.2) is 0 Å². The molecule has 0 radical (unpaired) electrons. The molecular weight excluding hydrogens is 276 g/mol. The van der Waals surface area contributed by atoms with Crippen molar-refractivity contribution in [3.05, 3.63) is 36.0 Å². The Kier molecular flexibility index (Phi) is 5.42. The van der Waals surface area contributed by atoms with E-state index in [1.807, 2.05) is 49.3 Å². The molecule has 5 nitrogen and oxygen atoms in total. The van der Waals surface area contributed by atoms with Crippen LogP contribution in [-0.4, -0.2) is 26.0 Å². The molecule has 2 rings (SSSR count). The maximum atomic E-state index is 12.0. The summed E-state index contributed by atoms with van der Waals surface area (Å²) in [6.45, 7) is 0. The highest BCUT2D eigenvalue weighted by atomic mass is 16.1. The summed E-state index contributed by atoms with van der Waals surface area (Å²) in [4.78, 5) is 14.1. The molecule has 0 aliphatic heterocycles. The number of nitriles is 1. The minimum atomic E-state index is -0.299. The van der Waals surface area contributed by atoms with Gasteiger partial charge in [0, 0.05) is 37.7 Å². The number of nitrogens with zero attached hydrogens (tertiary/aromatic N) is 2. The van der Waals surface area contributed by atoms with Crippen LogP contribution >= 0.6 is 0 Å². The molecule has 1 aromatic rings. The number of nitrogens with one attached hydrogen (secondary N) is 2. The van der Waals surface area contributed by atoms with E-state index >= 15 is 0 Å². The SMILES string of the molecule is CN(C)c1ccc(N/C=C(/C#N)C(=O)NC2CCCC2)cc1. The van der Waals surface area contributed by atoms with Gasteiger partial charge < -0.3 is 15.5 Å². The number of benzene rings is 1. The molecule has 116 valence electrons. The molecule has 1 amide bonds. The van der Waals surface area contributed by atoms with Crippen molar-refractivity contribution < 1.29 is 4.79 Å². The van der Waals surface area contributed by atoms with Crippen molar-refractivity contribution in [2.75, 3.05) is 24.3 Å². The third kappa shape index (κ3) is 4.26. The molecule has 1 aromatic carbocycles. The third-order valence-corrected chi connectivity index (χ3v) is 3.82. The minimum Gasteiger partial charge on any atom is -0.378 e. The Morgan fingerprint density at radius 3 is 2.45 bits per heavy atom. The molecule has 1 fully saturated rings. The molecular formula is C17H22N4O. The highest BCUT2D eigenvalue weighted by molar-refractivity contribution is 5.97. The van der Waals surface area contributed by atoms with Gasteiger partial charge in [-0.15, -0.1) is 0 Å². The van der Waals surface area contributed by atoms with Crippen LogP contribution < -0.4 is 15.5 Å². The number of anilines is 2. The molecule has 0 spiro atoms. The first-order valence-electron chi connectivity index (χ1n) is 7.55. The molecule has 0 aromatic heterocycles. The van der Waals surface area contributed by atoms with Crippen molar-refractivity contribution >= 4 is 17.3 Å². The van der Waals surface area contributed by atoms with Crippen LogP contribution in [0.15, 0.2) is 36.0 Å². The van der Waals surface area contributed by atoms with E-state index in [1.54, 1.807) is 0 Å². The predicted octanol–water partition coefficient (Wildman–Crippen LogP) is 2.63. The van der Waals surface area contributed by atoms with Gasteiger partial charge in [0.2, 0.25) is 0 Å². The molecule has 22 heavy (non-hydrogen) atoms. The van der Waals surface area contributed by atoms with Gasteiger partial charge >= 0.3 is 0 Å². The number of hydrogen-bond acceptors (Lipinski definition) is 4. The first-order chi connectivity index (χ1) is 10.6. The van der Waals surface area contributed by atoms with Crippen molar-refractivity contribution in [2.45, 2.75) is 31.7 Å². The predicted molar refractivity (Wildman–Crippen MR) is 88.5 cm³/mol. The molecule has 0 atom stereocenters. The largest absolute Gasteiger partial charge is 0.378 e. The Hall–Kier alpha value is -2.48. The van der Waals surface area contributed by atoms with Gasteiger partial charge in [0.15, 0.2) is 0 Å². The van der Waals surface area contributed by atoms with Crippen molar-refractivity contribution in [3.63, 3.8) is 0 Å². The molecule has 0 bridgehead atoms. The number of carbonyl (C=O) groups is 1. The van der Waals surface area contributed by atoms with E-state index in [2.05, 4.69) is 10.6 Å². The molecule has 0 saturated heterocycles. The minimum absolute atomic E-state index is 0.101. The lowest BCUT2D eigenvalue weighted by molar-refractivity contribution is -0.117. The van der Waals surface area contributed by atoms with E-state index in [0.717, 1.165) is 37.1 Å². The lowest BCUT2D eigenvalue weighted by atomic mass is 10.2. The van der Waals surface area contributed by atoms with Crippen molar-refractivity contribution in [1.82, 2.24) is 5.32 Å². The van der Waals surface area contributed by atoms with E-state index < -0.39 is 0 Å². The fraction of sp³-hybridized carbons (Fsp3) is 0.412. The van der Waals surface area contributed by atoms with Gasteiger partial charge in [-0.1, -0.05) is 12.8 Å². The number of rotatable bonds is 5. The van der Waals surface area contributed by atoms with Crippen LogP contribution in [0.3, 0.4) is 0 Å². The summed E-state index contributed by atoms with van der Waals surface area (Å²) >= 11 is 0. The highest BCUT2D eigenvalue weighted by Crippen LogP contribution is 2.18. The molecule has 5 heteroatoms. The van der Waals surface area contributed by atoms with Gasteiger partial charge in [-0.3, -0.25) is 4.79 Å². The fourth-order valence-electron chi connectivity index (χ4n) is 2.49. The zero-order chi connectivity index (χ0) is 15.9. The standard InChI is InChI=1S/C17H22N4O/c1-21(2)16-9-7-14(8-10-16)19-12-13(11-18)17(22)20-15-5-3-4-6-15/h7-10,12,15,19H,3-6H2,1-2H3,(H,20,22)/b13-12-. The van der Waals surface area contributed by atoms with Crippen LogP contribution in [0.2, 0.25) is 0 Å². The molecule has 2 N–H and O–H groups in total. The summed E-state index contributed by atoms with van der Waals surface area (Å²) in [5, 5.41) is 15.1. The summed E-state index contributed by atoms with van der Waals surface area (Å²) in [5.41, 5.74) is 2.03. The zero-order valence-corrected chi connectivity index (χ0v) is 13.1. The van der Waals surface area contributed by atoms with E-state index in [1.165, 1.54) is 6.20 Å². The van der Waals surface area contributed by atoms with Crippen LogP contribution in [0.4, 0.5) is 11.4 Å². The Labute approximate surface area is 131 Å². The number of hydrogen-bond donors (Lipinski definition) is 2. The first-order valence-corrected chi connectivity index (χ1v) is 7.55. The van der Waals surface area contributed by atoms with Crippen LogP contribution in [0.5, 0.6) is 0 Å². The highest BCUT2D eigenvalue weighted by Gasteiger charge is 2.19. The second-order valence-corrected chi connectivity index (χ2v) is 5.71. The van der Waals surface area contributed by atoms with Gasteiger partial charge in [0.25, 0.3) is 5.91 Å². The summed E-state index contributed by atoms with van der Waals surface area (Å²) < 4.78 is 0. The first kappa shape index (κ1) is 15.9. The molecule has 1 saturated carbocycles. The van der Waals surface area contributed by atoms with Crippen molar-refractivity contribution in [1.29, 1.82) is 5.26 Å². The van der Waals surface area contributed by atoms with Gasteiger partial charge in [-0.2, -0.15) is 5.26 Å². The molecule has 0 heterocycles. The Balaban J connectivity index is 1.96. The lowest BCUT2D eigenvalue weighted by Crippen LogP contribution is -2.33. The van der Waals surface area contributed by atoms with E-state index in [4.69, 9.17) is 5.26 Å². The third-order valence-electron chi connectivity index (χ3n) is 3.82. The summed E-state index contributed by atoms with van der Waals surface area (Å²) in [7, 11) is 3.95. The second-order valence-electron chi connectivity index (χ2n) is 5.71. The maximum absolute atomic E-state index is 12.0. The van der Waals surface area contributed by atoms with E-state index in [9.17, 15) is 4.79 Å². The molecule has 0 unspecified atom stereocenters. The van der Waals surface area contributed by atoms with Gasteiger partial charge in [0.05, 0.1) is 0 Å².